The first-order chi connectivity index (χ1) is 11.5. The molecule has 3 rings (SSSR count). The molecule has 1 aromatic heterocycles. The molecule has 1 aliphatic rings. The SMILES string of the molecule is FC(F)Oc1cc(Cl)ccc1C1(Cc2nc[nH]n2)OCC(CCl)O1. The van der Waals surface area contributed by atoms with Crippen LogP contribution in [-0.2, 0) is 21.7 Å². The number of benzene rings is 1. The molecule has 0 radical (unpaired) electrons. The van der Waals surface area contributed by atoms with Crippen molar-refractivity contribution in [3.63, 3.8) is 0 Å². The summed E-state index contributed by atoms with van der Waals surface area (Å²) < 4.78 is 41.8. The molecule has 1 fully saturated rings. The van der Waals surface area contributed by atoms with Gasteiger partial charge in [-0.3, -0.25) is 5.10 Å². The van der Waals surface area contributed by atoms with Gasteiger partial charge in [0.1, 0.15) is 12.1 Å². The number of halogens is 4. The molecule has 130 valence electrons. The van der Waals surface area contributed by atoms with Crippen LogP contribution in [-0.4, -0.2) is 40.4 Å². The maximum absolute atomic E-state index is 12.8. The van der Waals surface area contributed by atoms with Gasteiger partial charge in [-0.05, 0) is 18.2 Å². The Kier molecular flexibility index (Phi) is 5.19. The summed E-state index contributed by atoms with van der Waals surface area (Å²) in [6.45, 7) is -2.82. The van der Waals surface area contributed by atoms with Crippen LogP contribution in [0, 0.1) is 0 Å². The van der Waals surface area contributed by atoms with E-state index >= 15 is 0 Å². The standard InChI is InChI=1S/C14H13Cl2F2N3O3/c15-5-9-6-22-14(24-9,4-12-19-7-20-21-12)10-2-1-8(16)3-11(10)23-13(17)18/h1-3,7,9,13H,4-6H2,(H,19,20,21). The second kappa shape index (κ2) is 7.18. The van der Waals surface area contributed by atoms with E-state index < -0.39 is 18.5 Å². The van der Waals surface area contributed by atoms with Crippen molar-refractivity contribution in [2.45, 2.75) is 24.9 Å². The van der Waals surface area contributed by atoms with Gasteiger partial charge in [0, 0.05) is 5.02 Å². The first-order valence-corrected chi connectivity index (χ1v) is 7.91. The van der Waals surface area contributed by atoms with Crippen LogP contribution in [0.5, 0.6) is 5.75 Å². The number of hydrogen-bond donors (Lipinski definition) is 1. The van der Waals surface area contributed by atoms with Gasteiger partial charge in [0.05, 0.1) is 30.6 Å². The van der Waals surface area contributed by atoms with Crippen LogP contribution in [0.25, 0.3) is 0 Å². The molecule has 10 heteroatoms. The monoisotopic (exact) mass is 379 g/mol. The molecule has 1 N–H and O–H groups in total. The summed E-state index contributed by atoms with van der Waals surface area (Å²) in [5.74, 6) is -0.947. The summed E-state index contributed by atoms with van der Waals surface area (Å²) in [5, 5.41) is 6.79. The number of nitrogens with zero attached hydrogens (tertiary/aromatic N) is 2. The van der Waals surface area contributed by atoms with Crippen LogP contribution < -0.4 is 4.74 Å². The molecule has 0 saturated carbocycles. The molecule has 6 nitrogen and oxygen atoms in total. The second-order valence-corrected chi connectivity index (χ2v) is 5.81. The molecule has 2 atom stereocenters. The van der Waals surface area contributed by atoms with Crippen molar-refractivity contribution < 1.29 is 23.0 Å². The van der Waals surface area contributed by atoms with Crippen molar-refractivity contribution in [2.24, 2.45) is 0 Å². The van der Waals surface area contributed by atoms with Crippen LogP contribution in [0.15, 0.2) is 24.5 Å². The van der Waals surface area contributed by atoms with Crippen LogP contribution in [0.2, 0.25) is 5.02 Å². The average molecular weight is 380 g/mol. The number of aromatic amines is 1. The predicted molar refractivity (Wildman–Crippen MR) is 81.4 cm³/mol. The van der Waals surface area contributed by atoms with Crippen molar-refractivity contribution in [1.29, 1.82) is 0 Å². The summed E-state index contributed by atoms with van der Waals surface area (Å²) in [5.41, 5.74) is 0.268. The van der Waals surface area contributed by atoms with E-state index in [1.165, 1.54) is 24.5 Å². The Labute approximate surface area is 146 Å². The van der Waals surface area contributed by atoms with E-state index in [0.717, 1.165) is 0 Å². The predicted octanol–water partition coefficient (Wildman–Crippen LogP) is 3.11. The lowest BCUT2D eigenvalue weighted by Crippen LogP contribution is -2.32. The van der Waals surface area contributed by atoms with Gasteiger partial charge in [0.25, 0.3) is 0 Å². The van der Waals surface area contributed by atoms with Gasteiger partial charge in [-0.1, -0.05) is 11.6 Å². The van der Waals surface area contributed by atoms with Crippen LogP contribution in [0.1, 0.15) is 11.4 Å². The lowest BCUT2D eigenvalue weighted by molar-refractivity contribution is -0.177. The molecular formula is C14H13Cl2F2N3O3. The van der Waals surface area contributed by atoms with E-state index in [9.17, 15) is 8.78 Å². The van der Waals surface area contributed by atoms with Gasteiger partial charge < -0.3 is 14.2 Å². The first kappa shape index (κ1) is 17.3. The number of H-pyrrole nitrogens is 1. The zero-order valence-corrected chi connectivity index (χ0v) is 13.7. The third-order valence-electron chi connectivity index (χ3n) is 3.46. The highest BCUT2D eigenvalue weighted by Crippen LogP contribution is 2.42. The van der Waals surface area contributed by atoms with E-state index in [2.05, 4.69) is 19.9 Å². The van der Waals surface area contributed by atoms with Gasteiger partial charge in [0.15, 0.2) is 5.82 Å². The third kappa shape index (κ3) is 3.61. The molecule has 2 heterocycles. The fourth-order valence-electron chi connectivity index (χ4n) is 2.50. The second-order valence-electron chi connectivity index (χ2n) is 5.07. The molecule has 1 aliphatic heterocycles. The molecule has 2 unspecified atom stereocenters. The Balaban J connectivity index is 2.02. The molecule has 0 amide bonds. The fraction of sp³-hybridized carbons (Fsp3) is 0.429. The van der Waals surface area contributed by atoms with Gasteiger partial charge in [-0.15, -0.1) is 11.6 Å². The Morgan fingerprint density at radius 2 is 2.29 bits per heavy atom. The van der Waals surface area contributed by atoms with Gasteiger partial charge in [-0.2, -0.15) is 13.9 Å². The molecule has 0 spiro atoms. The molecule has 24 heavy (non-hydrogen) atoms. The van der Waals surface area contributed by atoms with E-state index in [1.807, 2.05) is 0 Å². The topological polar surface area (TPSA) is 69.3 Å². The molecule has 1 saturated heterocycles. The van der Waals surface area contributed by atoms with Crippen molar-refractivity contribution in [2.75, 3.05) is 12.5 Å². The molecule has 1 aromatic carbocycles. The Bertz CT molecular complexity index is 690. The number of nitrogens with one attached hydrogen (secondary N) is 1. The van der Waals surface area contributed by atoms with Crippen LogP contribution in [0.3, 0.4) is 0 Å². The van der Waals surface area contributed by atoms with E-state index in [0.29, 0.717) is 5.82 Å². The summed E-state index contributed by atoms with van der Waals surface area (Å²) in [4.78, 5) is 4.03. The summed E-state index contributed by atoms with van der Waals surface area (Å²) >= 11 is 11.7. The number of hydrogen-bond acceptors (Lipinski definition) is 5. The molecule has 0 bridgehead atoms. The van der Waals surface area contributed by atoms with Crippen molar-refractivity contribution in [3.05, 3.63) is 40.9 Å². The summed E-state index contributed by atoms with van der Waals surface area (Å²) in [6, 6.07) is 4.34. The zero-order valence-electron chi connectivity index (χ0n) is 12.2. The molecule has 0 aliphatic carbocycles. The van der Waals surface area contributed by atoms with Crippen LogP contribution in [0.4, 0.5) is 8.78 Å². The summed E-state index contributed by atoms with van der Waals surface area (Å²) in [6.07, 6.45) is 1.08. The maximum atomic E-state index is 12.8. The minimum atomic E-state index is -3.02. The number of aromatic nitrogens is 3. The lowest BCUT2D eigenvalue weighted by Gasteiger charge is -2.29. The van der Waals surface area contributed by atoms with Gasteiger partial charge in [0.2, 0.25) is 5.79 Å². The Morgan fingerprint density at radius 1 is 1.46 bits per heavy atom. The Hall–Kier alpha value is -1.48. The van der Waals surface area contributed by atoms with Crippen LogP contribution >= 0.6 is 23.2 Å². The Morgan fingerprint density at radius 3 is 2.92 bits per heavy atom. The smallest absolute Gasteiger partial charge is 0.387 e. The summed E-state index contributed by atoms with van der Waals surface area (Å²) in [7, 11) is 0. The first-order valence-electron chi connectivity index (χ1n) is 6.99. The van der Waals surface area contributed by atoms with Gasteiger partial charge >= 0.3 is 6.61 Å². The van der Waals surface area contributed by atoms with E-state index in [-0.39, 0.29) is 35.2 Å². The minimum Gasteiger partial charge on any atom is -0.434 e. The average Bonchev–Trinajstić information content (AvgIpc) is 3.17. The van der Waals surface area contributed by atoms with E-state index in [4.69, 9.17) is 32.7 Å². The van der Waals surface area contributed by atoms with Crippen molar-refractivity contribution in [1.82, 2.24) is 15.2 Å². The maximum Gasteiger partial charge on any atom is 0.387 e. The fourth-order valence-corrected chi connectivity index (χ4v) is 2.82. The zero-order chi connectivity index (χ0) is 17.2. The lowest BCUT2D eigenvalue weighted by atomic mass is 10.0. The van der Waals surface area contributed by atoms with Crippen molar-refractivity contribution >= 4 is 23.2 Å². The number of rotatable bonds is 6. The minimum absolute atomic E-state index is 0.0884. The number of ether oxygens (including phenoxy) is 3. The molecular weight excluding hydrogens is 367 g/mol. The normalized spacial score (nSPS) is 23.8. The molecule has 2 aromatic rings. The highest BCUT2D eigenvalue weighted by Gasteiger charge is 2.46. The highest BCUT2D eigenvalue weighted by molar-refractivity contribution is 6.30. The highest BCUT2D eigenvalue weighted by atomic mass is 35.5. The number of alkyl halides is 3. The van der Waals surface area contributed by atoms with Crippen molar-refractivity contribution in [3.8, 4) is 5.75 Å². The largest absolute Gasteiger partial charge is 0.434 e. The van der Waals surface area contributed by atoms with E-state index in [1.54, 1.807) is 0 Å². The quantitative estimate of drug-likeness (QED) is 0.780. The third-order valence-corrected chi connectivity index (χ3v) is 4.04. The van der Waals surface area contributed by atoms with Gasteiger partial charge in [-0.25, -0.2) is 4.98 Å².